The Morgan fingerprint density at radius 2 is 1.79 bits per heavy atom. The molecule has 190 valence electrons. The molecule has 0 unspecified atom stereocenters. The maximum absolute atomic E-state index is 13.1. The van der Waals surface area contributed by atoms with Gasteiger partial charge in [-0.05, 0) is 68.7 Å². The quantitative estimate of drug-likeness (QED) is 0.350. The van der Waals surface area contributed by atoms with Crippen molar-refractivity contribution in [2.45, 2.75) is 26.7 Å². The molecule has 1 aliphatic heterocycles. The van der Waals surface area contributed by atoms with E-state index in [4.69, 9.17) is 0 Å². The first-order valence-electron chi connectivity index (χ1n) is 12.7. The van der Waals surface area contributed by atoms with Gasteiger partial charge in [0.25, 0.3) is 5.91 Å². The van der Waals surface area contributed by atoms with Crippen molar-refractivity contribution in [3.8, 4) is 22.6 Å². The third kappa shape index (κ3) is 4.54. The van der Waals surface area contributed by atoms with Gasteiger partial charge in [-0.2, -0.15) is 5.10 Å². The van der Waals surface area contributed by atoms with Crippen LogP contribution in [0.1, 0.15) is 34.5 Å². The number of nitrogens with one attached hydrogen (secondary N) is 1. The SMILES string of the molecule is Cc1ccc(NC(=O)c2ccnc(N3CCCC3)c2)cc1-n1cc(-c2cnn(-c3ccccc3)c2C)nn1. The Hall–Kier alpha value is -4.79. The molecule has 1 aliphatic rings. The normalized spacial score (nSPS) is 13.2. The van der Waals surface area contributed by atoms with Crippen molar-refractivity contribution >= 4 is 17.4 Å². The van der Waals surface area contributed by atoms with E-state index in [1.807, 2.05) is 85.5 Å². The number of carbonyl (C=O) groups excluding carboxylic acids is 1. The fraction of sp³-hybridized carbons (Fsp3) is 0.207. The highest BCUT2D eigenvalue weighted by Crippen LogP contribution is 2.26. The van der Waals surface area contributed by atoms with Crippen molar-refractivity contribution in [3.05, 3.63) is 96.1 Å². The van der Waals surface area contributed by atoms with E-state index in [1.54, 1.807) is 16.9 Å². The van der Waals surface area contributed by atoms with Gasteiger partial charge in [-0.25, -0.2) is 14.3 Å². The molecule has 9 heteroatoms. The second kappa shape index (κ2) is 9.93. The number of carbonyl (C=O) groups is 1. The van der Waals surface area contributed by atoms with Crippen molar-refractivity contribution in [1.29, 1.82) is 0 Å². The lowest BCUT2D eigenvalue weighted by molar-refractivity contribution is 0.102. The van der Waals surface area contributed by atoms with Gasteiger partial charge in [-0.15, -0.1) is 5.10 Å². The molecule has 0 aliphatic carbocycles. The Bertz CT molecular complexity index is 1600. The van der Waals surface area contributed by atoms with E-state index >= 15 is 0 Å². The summed E-state index contributed by atoms with van der Waals surface area (Å²) in [6.45, 7) is 5.98. The molecule has 4 heterocycles. The van der Waals surface area contributed by atoms with Crippen molar-refractivity contribution in [3.63, 3.8) is 0 Å². The molecule has 3 aromatic heterocycles. The summed E-state index contributed by atoms with van der Waals surface area (Å²) in [4.78, 5) is 19.7. The molecule has 1 N–H and O–H groups in total. The monoisotopic (exact) mass is 504 g/mol. The van der Waals surface area contributed by atoms with Crippen molar-refractivity contribution < 1.29 is 4.79 Å². The zero-order chi connectivity index (χ0) is 26.1. The van der Waals surface area contributed by atoms with Gasteiger partial charge in [0, 0.05) is 36.1 Å². The predicted octanol–water partition coefficient (Wildman–Crippen LogP) is 4.98. The summed E-state index contributed by atoms with van der Waals surface area (Å²) in [6, 6.07) is 19.4. The van der Waals surface area contributed by atoms with Crippen molar-refractivity contribution in [2.75, 3.05) is 23.3 Å². The lowest BCUT2D eigenvalue weighted by Crippen LogP contribution is -2.20. The number of benzene rings is 2. The first kappa shape index (κ1) is 23.6. The molecule has 2 aromatic carbocycles. The summed E-state index contributed by atoms with van der Waals surface area (Å²) >= 11 is 0. The highest BCUT2D eigenvalue weighted by Gasteiger charge is 2.17. The van der Waals surface area contributed by atoms with Gasteiger partial charge in [0.2, 0.25) is 0 Å². The van der Waals surface area contributed by atoms with Crippen LogP contribution in [-0.4, -0.2) is 48.8 Å². The smallest absolute Gasteiger partial charge is 0.255 e. The van der Waals surface area contributed by atoms with Gasteiger partial charge in [0.1, 0.15) is 11.5 Å². The van der Waals surface area contributed by atoms with Crippen molar-refractivity contribution in [2.24, 2.45) is 0 Å². The Kier molecular flexibility index (Phi) is 6.17. The molecule has 38 heavy (non-hydrogen) atoms. The first-order valence-corrected chi connectivity index (χ1v) is 12.7. The van der Waals surface area contributed by atoms with Gasteiger partial charge in [0.15, 0.2) is 0 Å². The van der Waals surface area contributed by atoms with E-state index in [-0.39, 0.29) is 5.91 Å². The van der Waals surface area contributed by atoms with Crippen LogP contribution < -0.4 is 10.2 Å². The highest BCUT2D eigenvalue weighted by molar-refractivity contribution is 6.04. The number of rotatable bonds is 6. The minimum atomic E-state index is -0.175. The third-order valence-corrected chi connectivity index (χ3v) is 6.93. The fourth-order valence-electron chi connectivity index (χ4n) is 4.81. The molecule has 1 amide bonds. The Labute approximate surface area is 220 Å². The summed E-state index contributed by atoms with van der Waals surface area (Å²) in [5.74, 6) is 0.673. The first-order chi connectivity index (χ1) is 18.6. The Balaban J connectivity index is 1.23. The number of hydrogen-bond donors (Lipinski definition) is 1. The molecule has 0 spiro atoms. The van der Waals surface area contributed by atoms with Crippen LogP contribution in [0.2, 0.25) is 0 Å². The van der Waals surface area contributed by atoms with Gasteiger partial charge < -0.3 is 10.2 Å². The van der Waals surface area contributed by atoms with E-state index < -0.39 is 0 Å². The van der Waals surface area contributed by atoms with Crippen LogP contribution >= 0.6 is 0 Å². The van der Waals surface area contributed by atoms with E-state index in [0.29, 0.717) is 11.3 Å². The van der Waals surface area contributed by atoms with Crippen LogP contribution in [0.15, 0.2) is 79.3 Å². The lowest BCUT2D eigenvalue weighted by atomic mass is 10.1. The maximum atomic E-state index is 13.1. The minimum Gasteiger partial charge on any atom is -0.357 e. The minimum absolute atomic E-state index is 0.175. The molecular formula is C29H28N8O. The predicted molar refractivity (Wildman–Crippen MR) is 147 cm³/mol. The molecule has 0 saturated carbocycles. The number of aromatic nitrogens is 6. The van der Waals surface area contributed by atoms with E-state index in [2.05, 4.69) is 30.6 Å². The Morgan fingerprint density at radius 1 is 0.974 bits per heavy atom. The number of nitrogens with zero attached hydrogens (tertiary/aromatic N) is 7. The molecule has 1 saturated heterocycles. The molecule has 6 rings (SSSR count). The third-order valence-electron chi connectivity index (χ3n) is 6.93. The van der Waals surface area contributed by atoms with Crippen LogP contribution in [0.3, 0.4) is 0 Å². The second-order valence-electron chi connectivity index (χ2n) is 9.49. The van der Waals surface area contributed by atoms with Crippen LogP contribution in [0.4, 0.5) is 11.5 Å². The summed E-state index contributed by atoms with van der Waals surface area (Å²) in [5, 5.41) is 16.4. The van der Waals surface area contributed by atoms with Crippen LogP contribution in [-0.2, 0) is 0 Å². The second-order valence-corrected chi connectivity index (χ2v) is 9.49. The number of anilines is 2. The van der Waals surface area contributed by atoms with Crippen LogP contribution in [0.25, 0.3) is 22.6 Å². The van der Waals surface area contributed by atoms with E-state index in [9.17, 15) is 4.79 Å². The number of pyridine rings is 1. The number of amides is 1. The largest absolute Gasteiger partial charge is 0.357 e. The molecule has 1 fully saturated rings. The van der Waals surface area contributed by atoms with Gasteiger partial charge >= 0.3 is 0 Å². The summed E-state index contributed by atoms with van der Waals surface area (Å²) < 4.78 is 3.63. The maximum Gasteiger partial charge on any atom is 0.255 e. The van der Waals surface area contributed by atoms with Crippen LogP contribution in [0.5, 0.6) is 0 Å². The average molecular weight is 505 g/mol. The van der Waals surface area contributed by atoms with E-state index in [1.165, 1.54) is 0 Å². The molecule has 0 radical (unpaired) electrons. The summed E-state index contributed by atoms with van der Waals surface area (Å²) in [5.41, 5.74) is 6.71. The van der Waals surface area contributed by atoms with E-state index in [0.717, 1.165) is 65.6 Å². The standard InChI is InChI=1S/C29H28N8O/c1-20-10-11-23(32-29(38)22-12-13-30-28(16-22)35-14-6-7-15-35)17-27(20)36-19-26(33-34-36)25-18-31-37(21(25)2)24-8-4-3-5-9-24/h3-5,8-13,16-19H,6-7,14-15H2,1-2H3,(H,32,38). The number of aryl methyl sites for hydroxylation is 1. The van der Waals surface area contributed by atoms with Gasteiger partial charge in [-0.3, -0.25) is 4.79 Å². The number of para-hydroxylation sites is 1. The zero-order valence-corrected chi connectivity index (χ0v) is 21.4. The lowest BCUT2D eigenvalue weighted by Gasteiger charge is -2.16. The van der Waals surface area contributed by atoms with Gasteiger partial charge in [0.05, 0.1) is 29.5 Å². The molecular weight excluding hydrogens is 476 g/mol. The molecule has 9 nitrogen and oxygen atoms in total. The molecule has 5 aromatic rings. The molecule has 0 atom stereocenters. The topological polar surface area (TPSA) is 93.8 Å². The van der Waals surface area contributed by atoms with Crippen molar-refractivity contribution in [1.82, 2.24) is 29.8 Å². The average Bonchev–Trinajstić information content (AvgIpc) is 3.72. The van der Waals surface area contributed by atoms with Crippen LogP contribution in [0, 0.1) is 13.8 Å². The summed E-state index contributed by atoms with van der Waals surface area (Å²) in [7, 11) is 0. The van der Waals surface area contributed by atoms with Gasteiger partial charge in [-0.1, -0.05) is 29.5 Å². The molecule has 0 bridgehead atoms. The highest BCUT2D eigenvalue weighted by atomic mass is 16.1. The number of hydrogen-bond acceptors (Lipinski definition) is 6. The Morgan fingerprint density at radius 3 is 2.61 bits per heavy atom. The zero-order valence-electron chi connectivity index (χ0n) is 21.4. The summed E-state index contributed by atoms with van der Waals surface area (Å²) in [6.07, 6.45) is 7.71. The fourth-order valence-corrected chi connectivity index (χ4v) is 4.81.